The molecule has 0 aliphatic heterocycles. The Bertz CT molecular complexity index is 160. The van der Waals surface area contributed by atoms with E-state index in [2.05, 4.69) is 5.32 Å². The van der Waals surface area contributed by atoms with E-state index in [1.165, 1.54) is 0 Å². The molecular formula is C9H17F2NO. The number of hydrogen-bond acceptors (Lipinski definition) is 2. The van der Waals surface area contributed by atoms with Crippen LogP contribution in [0.5, 0.6) is 0 Å². The first kappa shape index (κ1) is 10.9. The molecule has 1 saturated carbocycles. The van der Waals surface area contributed by atoms with Gasteiger partial charge in [-0.2, -0.15) is 0 Å². The van der Waals surface area contributed by atoms with Crippen molar-refractivity contribution in [2.75, 3.05) is 13.2 Å². The van der Waals surface area contributed by atoms with E-state index in [0.717, 1.165) is 19.3 Å². The van der Waals surface area contributed by atoms with Gasteiger partial charge in [0.25, 0.3) is 5.92 Å². The summed E-state index contributed by atoms with van der Waals surface area (Å²) >= 11 is 0. The average Bonchev–Trinajstić information content (AvgIpc) is 2.89. The third-order valence-corrected chi connectivity index (χ3v) is 2.49. The zero-order valence-electron chi connectivity index (χ0n) is 7.89. The fraction of sp³-hybridized carbons (Fsp3) is 1.00. The van der Waals surface area contributed by atoms with E-state index in [-0.39, 0.29) is 6.04 Å². The standard InChI is InChI=1S/C9H17F2NO/c1-2-8(7-3-4-7)12-5-9(10,11)6-13/h7-8,12-13H,2-6H2,1H3. The van der Waals surface area contributed by atoms with Gasteiger partial charge in [-0.15, -0.1) is 0 Å². The Balaban J connectivity index is 2.22. The van der Waals surface area contributed by atoms with Crippen LogP contribution in [-0.4, -0.2) is 30.2 Å². The third kappa shape index (κ3) is 3.56. The van der Waals surface area contributed by atoms with E-state index in [1.54, 1.807) is 0 Å². The minimum Gasteiger partial charge on any atom is -0.390 e. The Morgan fingerprint density at radius 1 is 1.54 bits per heavy atom. The van der Waals surface area contributed by atoms with E-state index in [1.807, 2.05) is 6.92 Å². The molecule has 1 aliphatic rings. The average molecular weight is 193 g/mol. The summed E-state index contributed by atoms with van der Waals surface area (Å²) in [5, 5.41) is 11.2. The first-order valence-corrected chi connectivity index (χ1v) is 4.81. The lowest BCUT2D eigenvalue weighted by atomic mass is 10.1. The van der Waals surface area contributed by atoms with Gasteiger partial charge >= 0.3 is 0 Å². The van der Waals surface area contributed by atoms with Gasteiger partial charge < -0.3 is 10.4 Å². The van der Waals surface area contributed by atoms with Gasteiger partial charge in [0, 0.05) is 6.04 Å². The summed E-state index contributed by atoms with van der Waals surface area (Å²) < 4.78 is 25.2. The van der Waals surface area contributed by atoms with Crippen LogP contribution in [0.2, 0.25) is 0 Å². The van der Waals surface area contributed by atoms with Crippen LogP contribution in [-0.2, 0) is 0 Å². The molecule has 1 unspecified atom stereocenters. The van der Waals surface area contributed by atoms with E-state index in [9.17, 15) is 8.78 Å². The highest BCUT2D eigenvalue weighted by Crippen LogP contribution is 2.34. The van der Waals surface area contributed by atoms with Gasteiger partial charge in [-0.05, 0) is 25.2 Å². The largest absolute Gasteiger partial charge is 0.390 e. The fourth-order valence-electron chi connectivity index (χ4n) is 1.48. The highest BCUT2D eigenvalue weighted by atomic mass is 19.3. The van der Waals surface area contributed by atoms with Crippen molar-refractivity contribution in [1.82, 2.24) is 5.32 Å². The van der Waals surface area contributed by atoms with Crippen molar-refractivity contribution in [2.24, 2.45) is 5.92 Å². The second kappa shape index (κ2) is 4.33. The van der Waals surface area contributed by atoms with Gasteiger partial charge in [0.1, 0.15) is 6.61 Å². The minimum absolute atomic E-state index is 0.206. The third-order valence-electron chi connectivity index (χ3n) is 2.49. The lowest BCUT2D eigenvalue weighted by molar-refractivity contribution is -0.0497. The Morgan fingerprint density at radius 2 is 2.15 bits per heavy atom. The molecule has 13 heavy (non-hydrogen) atoms. The maximum atomic E-state index is 12.6. The summed E-state index contributed by atoms with van der Waals surface area (Å²) in [4.78, 5) is 0. The van der Waals surface area contributed by atoms with Crippen LogP contribution >= 0.6 is 0 Å². The van der Waals surface area contributed by atoms with E-state index in [0.29, 0.717) is 5.92 Å². The Labute approximate surface area is 77.3 Å². The van der Waals surface area contributed by atoms with Crippen LogP contribution in [0.25, 0.3) is 0 Å². The van der Waals surface area contributed by atoms with E-state index in [4.69, 9.17) is 5.11 Å². The number of rotatable bonds is 6. The minimum atomic E-state index is -2.97. The predicted molar refractivity (Wildman–Crippen MR) is 46.8 cm³/mol. The van der Waals surface area contributed by atoms with Crippen LogP contribution in [0, 0.1) is 5.92 Å². The molecule has 1 fully saturated rings. The number of nitrogens with one attached hydrogen (secondary N) is 1. The molecule has 0 radical (unpaired) electrons. The molecule has 0 bridgehead atoms. The first-order chi connectivity index (χ1) is 6.09. The second-order valence-corrected chi connectivity index (χ2v) is 3.75. The number of aliphatic hydroxyl groups excluding tert-OH is 1. The Kier molecular flexibility index (Phi) is 3.62. The molecule has 0 heterocycles. The van der Waals surface area contributed by atoms with Crippen molar-refractivity contribution < 1.29 is 13.9 Å². The number of hydrogen-bond donors (Lipinski definition) is 2. The molecule has 1 rings (SSSR count). The van der Waals surface area contributed by atoms with Crippen LogP contribution < -0.4 is 5.32 Å². The molecule has 1 aliphatic carbocycles. The van der Waals surface area contributed by atoms with Crippen molar-refractivity contribution in [3.8, 4) is 0 Å². The molecule has 2 nitrogen and oxygen atoms in total. The summed E-state index contributed by atoms with van der Waals surface area (Å²) in [7, 11) is 0. The highest BCUT2D eigenvalue weighted by molar-refractivity contribution is 4.86. The molecule has 0 saturated heterocycles. The fourth-order valence-corrected chi connectivity index (χ4v) is 1.48. The summed E-state index contributed by atoms with van der Waals surface area (Å²) in [6.07, 6.45) is 3.18. The molecule has 1 atom stereocenters. The zero-order chi connectivity index (χ0) is 9.90. The van der Waals surface area contributed by atoms with Crippen molar-refractivity contribution in [3.63, 3.8) is 0 Å². The lowest BCUT2D eigenvalue weighted by Crippen LogP contribution is -2.41. The molecule has 0 aromatic heterocycles. The van der Waals surface area contributed by atoms with E-state index < -0.39 is 19.1 Å². The van der Waals surface area contributed by atoms with Gasteiger partial charge in [0.05, 0.1) is 6.54 Å². The topological polar surface area (TPSA) is 32.3 Å². The van der Waals surface area contributed by atoms with Crippen molar-refractivity contribution in [2.45, 2.75) is 38.2 Å². The summed E-state index contributed by atoms with van der Waals surface area (Å²) in [6.45, 7) is 0.521. The van der Waals surface area contributed by atoms with Crippen LogP contribution in [0.4, 0.5) is 8.78 Å². The SMILES string of the molecule is CCC(NCC(F)(F)CO)C1CC1. The maximum Gasteiger partial charge on any atom is 0.282 e. The van der Waals surface area contributed by atoms with Gasteiger partial charge in [-0.3, -0.25) is 0 Å². The molecule has 2 N–H and O–H groups in total. The van der Waals surface area contributed by atoms with Gasteiger partial charge in [-0.25, -0.2) is 8.78 Å². The van der Waals surface area contributed by atoms with Crippen molar-refractivity contribution in [3.05, 3.63) is 0 Å². The molecule has 0 aromatic rings. The van der Waals surface area contributed by atoms with Crippen molar-refractivity contribution >= 4 is 0 Å². The summed E-state index contributed by atoms with van der Waals surface area (Å²) in [5.74, 6) is -2.39. The van der Waals surface area contributed by atoms with Crippen LogP contribution in [0.1, 0.15) is 26.2 Å². The molecule has 0 spiro atoms. The maximum absolute atomic E-state index is 12.6. The molecule has 4 heteroatoms. The zero-order valence-corrected chi connectivity index (χ0v) is 7.89. The number of alkyl halides is 2. The molecule has 0 aromatic carbocycles. The highest BCUT2D eigenvalue weighted by Gasteiger charge is 2.33. The lowest BCUT2D eigenvalue weighted by Gasteiger charge is -2.20. The van der Waals surface area contributed by atoms with Crippen LogP contribution in [0.15, 0.2) is 0 Å². The van der Waals surface area contributed by atoms with Gasteiger partial charge in [0.2, 0.25) is 0 Å². The quantitative estimate of drug-likeness (QED) is 0.668. The van der Waals surface area contributed by atoms with Crippen LogP contribution in [0.3, 0.4) is 0 Å². The first-order valence-electron chi connectivity index (χ1n) is 4.81. The monoisotopic (exact) mass is 193 g/mol. The molecule has 0 amide bonds. The van der Waals surface area contributed by atoms with Gasteiger partial charge in [0.15, 0.2) is 0 Å². The number of aliphatic hydroxyl groups is 1. The molecule has 78 valence electrons. The number of halogens is 2. The van der Waals surface area contributed by atoms with E-state index >= 15 is 0 Å². The smallest absolute Gasteiger partial charge is 0.282 e. The normalized spacial score (nSPS) is 20.3. The molecular weight excluding hydrogens is 176 g/mol. The van der Waals surface area contributed by atoms with Gasteiger partial charge in [-0.1, -0.05) is 6.92 Å². The van der Waals surface area contributed by atoms with Crippen molar-refractivity contribution in [1.29, 1.82) is 0 Å². The summed E-state index contributed by atoms with van der Waals surface area (Å²) in [5.41, 5.74) is 0. The Hall–Kier alpha value is -0.220. The Morgan fingerprint density at radius 3 is 2.54 bits per heavy atom. The predicted octanol–water partition coefficient (Wildman–Crippen LogP) is 1.39. The summed E-state index contributed by atoms with van der Waals surface area (Å²) in [6, 6.07) is 0.206. The second-order valence-electron chi connectivity index (χ2n) is 3.75.